The van der Waals surface area contributed by atoms with Gasteiger partial charge in [-0.05, 0) is 43.5 Å². The van der Waals surface area contributed by atoms with E-state index in [0.717, 1.165) is 30.6 Å². The first kappa shape index (κ1) is 11.9. The van der Waals surface area contributed by atoms with E-state index in [9.17, 15) is 4.79 Å². The Bertz CT molecular complexity index is 587. The van der Waals surface area contributed by atoms with Crippen molar-refractivity contribution in [2.75, 3.05) is 5.32 Å². The Morgan fingerprint density at radius 1 is 1.37 bits per heavy atom. The van der Waals surface area contributed by atoms with Gasteiger partial charge in [-0.3, -0.25) is 4.79 Å². The maximum Gasteiger partial charge on any atom is 0.244 e. The Morgan fingerprint density at radius 3 is 2.84 bits per heavy atom. The van der Waals surface area contributed by atoms with Gasteiger partial charge in [0.1, 0.15) is 0 Å². The molecule has 2 aromatic rings. The molecule has 1 amide bonds. The molecule has 1 aromatic carbocycles. The number of rotatable bonds is 3. The lowest BCUT2D eigenvalue weighted by atomic mass is 9.77. The van der Waals surface area contributed by atoms with Gasteiger partial charge in [0.2, 0.25) is 5.91 Å². The highest BCUT2D eigenvalue weighted by Crippen LogP contribution is 2.30. The lowest BCUT2D eigenvalue weighted by Crippen LogP contribution is -2.56. The van der Waals surface area contributed by atoms with Crippen molar-refractivity contribution in [1.82, 2.24) is 9.78 Å². The van der Waals surface area contributed by atoms with Crippen molar-refractivity contribution in [1.29, 1.82) is 0 Å². The Hall–Kier alpha value is -2.14. The lowest BCUT2D eigenvalue weighted by molar-refractivity contribution is -0.123. The average molecular weight is 256 g/mol. The zero-order chi connectivity index (χ0) is 13.3. The van der Waals surface area contributed by atoms with Gasteiger partial charge in [0.25, 0.3) is 0 Å². The SMILES string of the molecule is NC1(C(=O)Nc2cccc(-n3cccn3)c2)CCC1. The largest absolute Gasteiger partial charge is 0.324 e. The summed E-state index contributed by atoms with van der Waals surface area (Å²) in [6.07, 6.45) is 6.12. The molecular weight excluding hydrogens is 240 g/mol. The average Bonchev–Trinajstić information content (AvgIpc) is 2.90. The molecule has 0 atom stereocenters. The number of benzene rings is 1. The van der Waals surface area contributed by atoms with E-state index in [1.54, 1.807) is 10.9 Å². The second-order valence-corrected chi connectivity index (χ2v) is 4.96. The third kappa shape index (κ3) is 2.24. The minimum absolute atomic E-state index is 0.101. The Kier molecular flexibility index (Phi) is 2.83. The molecule has 19 heavy (non-hydrogen) atoms. The molecule has 0 unspecified atom stereocenters. The molecule has 1 aliphatic carbocycles. The highest BCUT2D eigenvalue weighted by molar-refractivity contribution is 5.98. The summed E-state index contributed by atoms with van der Waals surface area (Å²) in [5.74, 6) is -0.101. The highest BCUT2D eigenvalue weighted by atomic mass is 16.2. The number of aromatic nitrogens is 2. The fraction of sp³-hybridized carbons (Fsp3) is 0.286. The van der Waals surface area contributed by atoms with Gasteiger partial charge in [-0.25, -0.2) is 4.68 Å². The first-order chi connectivity index (χ1) is 9.17. The highest BCUT2D eigenvalue weighted by Gasteiger charge is 2.40. The molecule has 0 saturated heterocycles. The third-order valence-electron chi connectivity index (χ3n) is 3.57. The van der Waals surface area contributed by atoms with E-state index in [1.165, 1.54) is 0 Å². The molecule has 1 fully saturated rings. The summed E-state index contributed by atoms with van der Waals surface area (Å²) in [6.45, 7) is 0. The van der Waals surface area contributed by atoms with Gasteiger partial charge < -0.3 is 11.1 Å². The third-order valence-corrected chi connectivity index (χ3v) is 3.57. The monoisotopic (exact) mass is 256 g/mol. The van der Waals surface area contributed by atoms with E-state index in [0.29, 0.717) is 0 Å². The van der Waals surface area contributed by atoms with Gasteiger partial charge in [0.15, 0.2) is 0 Å². The minimum atomic E-state index is -0.679. The Labute approximate surface area is 111 Å². The Morgan fingerprint density at radius 2 is 2.21 bits per heavy atom. The van der Waals surface area contributed by atoms with Crippen LogP contribution in [0, 0.1) is 0 Å². The van der Waals surface area contributed by atoms with Gasteiger partial charge in [-0.15, -0.1) is 0 Å². The van der Waals surface area contributed by atoms with E-state index in [4.69, 9.17) is 5.73 Å². The topological polar surface area (TPSA) is 72.9 Å². The van der Waals surface area contributed by atoms with Crippen LogP contribution in [0.25, 0.3) is 5.69 Å². The van der Waals surface area contributed by atoms with Crippen molar-refractivity contribution < 1.29 is 4.79 Å². The molecule has 1 heterocycles. The predicted octanol–water partition coefficient (Wildman–Crippen LogP) is 1.69. The fourth-order valence-corrected chi connectivity index (χ4v) is 2.19. The quantitative estimate of drug-likeness (QED) is 0.877. The van der Waals surface area contributed by atoms with E-state index in [-0.39, 0.29) is 5.91 Å². The number of carbonyl (C=O) groups excluding carboxylic acids is 1. The molecule has 0 aliphatic heterocycles. The van der Waals surface area contributed by atoms with Crippen LogP contribution in [0.1, 0.15) is 19.3 Å². The number of anilines is 1. The second kappa shape index (κ2) is 4.51. The van der Waals surface area contributed by atoms with E-state index in [1.807, 2.05) is 36.5 Å². The summed E-state index contributed by atoms with van der Waals surface area (Å²) in [6, 6.07) is 9.41. The molecule has 3 N–H and O–H groups in total. The first-order valence-electron chi connectivity index (χ1n) is 6.38. The van der Waals surface area contributed by atoms with Gasteiger partial charge in [-0.1, -0.05) is 6.07 Å². The number of nitrogens with two attached hydrogens (primary N) is 1. The summed E-state index contributed by atoms with van der Waals surface area (Å²) < 4.78 is 1.75. The molecule has 98 valence electrons. The molecule has 5 heteroatoms. The molecule has 5 nitrogen and oxygen atoms in total. The maximum absolute atomic E-state index is 12.1. The first-order valence-corrected chi connectivity index (χ1v) is 6.38. The summed E-state index contributed by atoms with van der Waals surface area (Å²) in [7, 11) is 0. The zero-order valence-electron chi connectivity index (χ0n) is 10.5. The van der Waals surface area contributed by atoms with Gasteiger partial charge >= 0.3 is 0 Å². The Balaban J connectivity index is 1.78. The standard InChI is InChI=1S/C14H16N4O/c15-14(6-2-7-14)13(19)17-11-4-1-5-12(10-11)18-9-3-8-16-18/h1,3-5,8-10H,2,6-7,15H2,(H,17,19). The molecule has 1 aliphatic rings. The smallest absolute Gasteiger partial charge is 0.244 e. The van der Waals surface area contributed by atoms with Crippen LogP contribution >= 0.6 is 0 Å². The summed E-state index contributed by atoms with van der Waals surface area (Å²) in [4.78, 5) is 12.1. The minimum Gasteiger partial charge on any atom is -0.324 e. The number of amides is 1. The van der Waals surface area contributed by atoms with Crippen LogP contribution in [0.3, 0.4) is 0 Å². The molecule has 1 aromatic heterocycles. The molecular formula is C14H16N4O. The van der Waals surface area contributed by atoms with Crippen molar-refractivity contribution in [3.8, 4) is 5.69 Å². The normalized spacial score (nSPS) is 16.7. The van der Waals surface area contributed by atoms with Crippen LogP contribution in [0.4, 0.5) is 5.69 Å². The number of nitrogens with one attached hydrogen (secondary N) is 1. The van der Waals surface area contributed by atoms with Gasteiger partial charge in [0, 0.05) is 18.1 Å². The van der Waals surface area contributed by atoms with Crippen LogP contribution < -0.4 is 11.1 Å². The summed E-state index contributed by atoms with van der Waals surface area (Å²) >= 11 is 0. The lowest BCUT2D eigenvalue weighted by Gasteiger charge is -2.36. The molecule has 0 radical (unpaired) electrons. The number of hydrogen-bond donors (Lipinski definition) is 2. The summed E-state index contributed by atoms with van der Waals surface area (Å²) in [5.41, 5.74) is 6.97. The van der Waals surface area contributed by atoms with Crippen molar-refractivity contribution in [3.05, 3.63) is 42.7 Å². The molecule has 3 rings (SSSR count). The van der Waals surface area contributed by atoms with Gasteiger partial charge in [-0.2, -0.15) is 5.10 Å². The number of nitrogens with zero attached hydrogens (tertiary/aromatic N) is 2. The van der Waals surface area contributed by atoms with Crippen LogP contribution in [-0.2, 0) is 4.79 Å². The van der Waals surface area contributed by atoms with Crippen molar-refractivity contribution >= 4 is 11.6 Å². The number of hydrogen-bond acceptors (Lipinski definition) is 3. The van der Waals surface area contributed by atoms with E-state index >= 15 is 0 Å². The maximum atomic E-state index is 12.1. The van der Waals surface area contributed by atoms with Crippen LogP contribution in [0.2, 0.25) is 0 Å². The van der Waals surface area contributed by atoms with Crippen molar-refractivity contribution in [2.45, 2.75) is 24.8 Å². The van der Waals surface area contributed by atoms with E-state index < -0.39 is 5.54 Å². The van der Waals surface area contributed by atoms with E-state index in [2.05, 4.69) is 10.4 Å². The molecule has 0 bridgehead atoms. The number of carbonyl (C=O) groups is 1. The van der Waals surface area contributed by atoms with Gasteiger partial charge in [0.05, 0.1) is 11.2 Å². The van der Waals surface area contributed by atoms with Crippen molar-refractivity contribution in [2.24, 2.45) is 5.73 Å². The predicted molar refractivity (Wildman–Crippen MR) is 73.0 cm³/mol. The van der Waals surface area contributed by atoms with Crippen molar-refractivity contribution in [3.63, 3.8) is 0 Å². The summed E-state index contributed by atoms with van der Waals surface area (Å²) in [5, 5.41) is 7.04. The molecule has 0 spiro atoms. The van der Waals surface area contributed by atoms with Crippen LogP contribution in [0.5, 0.6) is 0 Å². The zero-order valence-corrected chi connectivity index (χ0v) is 10.5. The second-order valence-electron chi connectivity index (χ2n) is 4.96. The molecule has 1 saturated carbocycles. The van der Waals surface area contributed by atoms with Crippen LogP contribution in [-0.4, -0.2) is 21.2 Å². The van der Waals surface area contributed by atoms with Crippen LogP contribution in [0.15, 0.2) is 42.7 Å². The fourth-order valence-electron chi connectivity index (χ4n) is 2.19.